The highest BCUT2D eigenvalue weighted by Crippen LogP contribution is 2.26. The highest BCUT2D eigenvalue weighted by atomic mass is 35.5. The maximum atomic E-state index is 11.8. The van der Waals surface area contributed by atoms with E-state index in [9.17, 15) is 20.0 Å². The molecule has 0 aliphatic carbocycles. The SMILES string of the molecule is O=C(CN1CC[C@H](O)C1)Nc1ccc([N+](=O)[O-])cc1Cl. The van der Waals surface area contributed by atoms with Gasteiger partial charge in [0.2, 0.25) is 5.91 Å². The number of aliphatic hydroxyl groups is 1. The maximum absolute atomic E-state index is 11.8. The number of β-amino-alcohol motifs (C(OH)–C–C–N with tert-alkyl or cyclic N) is 1. The van der Waals surface area contributed by atoms with Gasteiger partial charge in [-0.15, -0.1) is 0 Å². The van der Waals surface area contributed by atoms with E-state index in [0.717, 1.165) is 0 Å². The van der Waals surface area contributed by atoms with Crippen LogP contribution >= 0.6 is 11.6 Å². The summed E-state index contributed by atoms with van der Waals surface area (Å²) in [5.74, 6) is -0.269. The summed E-state index contributed by atoms with van der Waals surface area (Å²) in [6, 6.07) is 3.87. The van der Waals surface area contributed by atoms with Gasteiger partial charge in [-0.05, 0) is 12.5 Å². The van der Waals surface area contributed by atoms with E-state index < -0.39 is 4.92 Å². The van der Waals surface area contributed by atoms with Crippen LogP contribution in [0.15, 0.2) is 18.2 Å². The molecule has 108 valence electrons. The Kier molecular flexibility index (Phi) is 4.53. The van der Waals surface area contributed by atoms with E-state index in [-0.39, 0.29) is 29.3 Å². The normalized spacial score (nSPS) is 19.0. The fourth-order valence-electron chi connectivity index (χ4n) is 2.07. The van der Waals surface area contributed by atoms with Crippen LogP contribution in [0.3, 0.4) is 0 Å². The Morgan fingerprint density at radius 1 is 1.60 bits per heavy atom. The van der Waals surface area contributed by atoms with E-state index in [4.69, 9.17) is 11.6 Å². The lowest BCUT2D eigenvalue weighted by Gasteiger charge is -2.14. The summed E-state index contributed by atoms with van der Waals surface area (Å²) in [5, 5.41) is 22.7. The molecule has 8 heteroatoms. The number of benzene rings is 1. The van der Waals surface area contributed by atoms with Crippen molar-refractivity contribution in [2.24, 2.45) is 0 Å². The minimum atomic E-state index is -0.552. The topological polar surface area (TPSA) is 95.7 Å². The molecule has 1 aromatic rings. The number of rotatable bonds is 4. The first-order valence-electron chi connectivity index (χ1n) is 6.10. The van der Waals surface area contributed by atoms with Crippen LogP contribution in [0.4, 0.5) is 11.4 Å². The van der Waals surface area contributed by atoms with Crippen LogP contribution in [0, 0.1) is 10.1 Å². The van der Waals surface area contributed by atoms with E-state index in [1.165, 1.54) is 18.2 Å². The lowest BCUT2D eigenvalue weighted by atomic mass is 10.3. The van der Waals surface area contributed by atoms with Crippen molar-refractivity contribution in [1.29, 1.82) is 0 Å². The van der Waals surface area contributed by atoms with Crippen molar-refractivity contribution < 1.29 is 14.8 Å². The van der Waals surface area contributed by atoms with Crippen LogP contribution in [0.2, 0.25) is 5.02 Å². The number of nitro benzene ring substituents is 1. The molecule has 2 rings (SSSR count). The number of hydrogen-bond donors (Lipinski definition) is 2. The van der Waals surface area contributed by atoms with Crippen LogP contribution in [0.25, 0.3) is 0 Å². The molecule has 0 aromatic heterocycles. The first-order valence-corrected chi connectivity index (χ1v) is 6.47. The minimum absolute atomic E-state index is 0.119. The third-order valence-corrected chi connectivity index (χ3v) is 3.36. The number of non-ortho nitro benzene ring substituents is 1. The molecular formula is C12H14ClN3O4. The predicted molar refractivity (Wildman–Crippen MR) is 73.8 cm³/mol. The Morgan fingerprint density at radius 2 is 2.35 bits per heavy atom. The number of nitrogens with one attached hydrogen (secondary N) is 1. The molecule has 1 amide bonds. The fourth-order valence-corrected chi connectivity index (χ4v) is 2.29. The third kappa shape index (κ3) is 3.66. The van der Waals surface area contributed by atoms with Crippen molar-refractivity contribution in [2.45, 2.75) is 12.5 Å². The zero-order valence-corrected chi connectivity index (χ0v) is 11.3. The number of nitrogens with zero attached hydrogens (tertiary/aromatic N) is 2. The predicted octanol–water partition coefficient (Wildman–Crippen LogP) is 1.25. The molecular weight excluding hydrogens is 286 g/mol. The van der Waals surface area contributed by atoms with Crippen molar-refractivity contribution in [3.05, 3.63) is 33.3 Å². The molecule has 0 spiro atoms. The van der Waals surface area contributed by atoms with Gasteiger partial charge in [0, 0.05) is 25.2 Å². The number of nitro groups is 1. The highest BCUT2D eigenvalue weighted by molar-refractivity contribution is 6.34. The van der Waals surface area contributed by atoms with Gasteiger partial charge in [0.1, 0.15) is 0 Å². The number of halogens is 1. The molecule has 20 heavy (non-hydrogen) atoms. The largest absolute Gasteiger partial charge is 0.392 e. The van der Waals surface area contributed by atoms with Crippen molar-refractivity contribution in [1.82, 2.24) is 4.90 Å². The molecule has 0 unspecified atom stereocenters. The first kappa shape index (κ1) is 14.7. The summed E-state index contributed by atoms with van der Waals surface area (Å²) in [5.41, 5.74) is 0.206. The number of carbonyl (C=O) groups is 1. The van der Waals surface area contributed by atoms with Crippen LogP contribution in [0.1, 0.15) is 6.42 Å². The molecule has 1 heterocycles. The number of likely N-dealkylation sites (tertiary alicyclic amines) is 1. The standard InChI is InChI=1S/C12H14ClN3O4/c13-10-5-8(16(19)20)1-2-11(10)14-12(18)7-15-4-3-9(17)6-15/h1-2,5,9,17H,3-4,6-7H2,(H,14,18)/t9-/m0/s1. The number of aliphatic hydroxyl groups excluding tert-OH is 1. The summed E-state index contributed by atoms with van der Waals surface area (Å²) in [7, 11) is 0. The zero-order valence-electron chi connectivity index (χ0n) is 10.6. The van der Waals surface area contributed by atoms with Gasteiger partial charge >= 0.3 is 0 Å². The Morgan fingerprint density at radius 3 is 2.90 bits per heavy atom. The molecule has 0 bridgehead atoms. The van der Waals surface area contributed by atoms with Crippen molar-refractivity contribution >= 4 is 28.9 Å². The second-order valence-corrected chi connectivity index (χ2v) is 5.05. The van der Waals surface area contributed by atoms with Crippen LogP contribution < -0.4 is 5.32 Å². The van der Waals surface area contributed by atoms with E-state index in [1.54, 1.807) is 0 Å². The van der Waals surface area contributed by atoms with Crippen LogP contribution in [-0.2, 0) is 4.79 Å². The van der Waals surface area contributed by atoms with Gasteiger partial charge in [0.05, 0.1) is 28.3 Å². The van der Waals surface area contributed by atoms with E-state index in [0.29, 0.717) is 25.2 Å². The van der Waals surface area contributed by atoms with Crippen molar-refractivity contribution in [3.8, 4) is 0 Å². The smallest absolute Gasteiger partial charge is 0.271 e. The first-order chi connectivity index (χ1) is 9.45. The fraction of sp³-hybridized carbons (Fsp3) is 0.417. The van der Waals surface area contributed by atoms with E-state index in [2.05, 4.69) is 5.32 Å². The van der Waals surface area contributed by atoms with Gasteiger partial charge < -0.3 is 10.4 Å². The molecule has 0 radical (unpaired) electrons. The summed E-state index contributed by atoms with van der Waals surface area (Å²) in [4.78, 5) is 23.7. The summed E-state index contributed by atoms with van der Waals surface area (Å²) in [6.45, 7) is 1.30. The molecule has 1 aliphatic rings. The monoisotopic (exact) mass is 299 g/mol. The molecule has 1 saturated heterocycles. The number of anilines is 1. The summed E-state index contributed by atoms with van der Waals surface area (Å²) >= 11 is 5.88. The lowest BCUT2D eigenvalue weighted by molar-refractivity contribution is -0.384. The average Bonchev–Trinajstić information content (AvgIpc) is 2.77. The molecule has 1 atom stereocenters. The van der Waals surface area contributed by atoms with E-state index >= 15 is 0 Å². The van der Waals surface area contributed by atoms with Crippen molar-refractivity contribution in [2.75, 3.05) is 25.0 Å². The minimum Gasteiger partial charge on any atom is -0.392 e. The van der Waals surface area contributed by atoms with Gasteiger partial charge in [0.25, 0.3) is 5.69 Å². The van der Waals surface area contributed by atoms with Gasteiger partial charge in [0.15, 0.2) is 0 Å². The van der Waals surface area contributed by atoms with Crippen LogP contribution in [-0.4, -0.2) is 46.6 Å². The Bertz CT molecular complexity index is 537. The second kappa shape index (κ2) is 6.17. The Hall–Kier alpha value is -1.70. The van der Waals surface area contributed by atoms with Crippen LogP contribution in [0.5, 0.6) is 0 Å². The van der Waals surface area contributed by atoms with Gasteiger partial charge in [-0.1, -0.05) is 11.6 Å². The maximum Gasteiger partial charge on any atom is 0.271 e. The number of hydrogen-bond acceptors (Lipinski definition) is 5. The summed E-state index contributed by atoms with van der Waals surface area (Å²) in [6.07, 6.45) is 0.275. The van der Waals surface area contributed by atoms with Gasteiger partial charge in [-0.2, -0.15) is 0 Å². The molecule has 7 nitrogen and oxygen atoms in total. The Labute approximate surface area is 120 Å². The molecule has 0 saturated carbocycles. The molecule has 1 aliphatic heterocycles. The quantitative estimate of drug-likeness (QED) is 0.644. The average molecular weight is 300 g/mol. The molecule has 1 fully saturated rings. The molecule has 1 aromatic carbocycles. The highest BCUT2D eigenvalue weighted by Gasteiger charge is 2.22. The van der Waals surface area contributed by atoms with E-state index in [1.807, 2.05) is 4.90 Å². The van der Waals surface area contributed by atoms with Gasteiger partial charge in [-0.3, -0.25) is 19.8 Å². The lowest BCUT2D eigenvalue weighted by Crippen LogP contribution is -2.32. The van der Waals surface area contributed by atoms with Crippen molar-refractivity contribution in [3.63, 3.8) is 0 Å². The number of amides is 1. The number of carbonyl (C=O) groups excluding carboxylic acids is 1. The third-order valence-electron chi connectivity index (χ3n) is 3.05. The second-order valence-electron chi connectivity index (χ2n) is 4.65. The summed E-state index contributed by atoms with van der Waals surface area (Å²) < 4.78 is 0. The Balaban J connectivity index is 1.95. The molecule has 2 N–H and O–H groups in total. The van der Waals surface area contributed by atoms with Gasteiger partial charge in [-0.25, -0.2) is 0 Å². The zero-order chi connectivity index (χ0) is 14.7.